The Morgan fingerprint density at radius 2 is 1.81 bits per heavy atom. The normalized spacial score (nSPS) is 24.4. The predicted molar refractivity (Wildman–Crippen MR) is 235 cm³/mol. The number of aromatic nitrogens is 3. The van der Waals surface area contributed by atoms with Crippen LogP contribution in [-0.4, -0.2) is 106 Å². The van der Waals surface area contributed by atoms with Crippen LogP contribution in [0.3, 0.4) is 0 Å². The van der Waals surface area contributed by atoms with Gasteiger partial charge in [-0.15, -0.1) is 11.3 Å². The number of ether oxygens (including phenoxy) is 2. The summed E-state index contributed by atoms with van der Waals surface area (Å²) in [6.45, 7) is 13.2. The number of ketones is 2. The summed E-state index contributed by atoms with van der Waals surface area (Å²) in [4.78, 5) is 81.1. The third-order valence-electron chi connectivity index (χ3n) is 11.7. The summed E-state index contributed by atoms with van der Waals surface area (Å²) in [5, 5.41) is 5.45. The van der Waals surface area contributed by atoms with Gasteiger partial charge in [0, 0.05) is 43.9 Å². The number of fused-ring (bicyclic) bond motifs is 3. The molecule has 62 heavy (non-hydrogen) atoms. The molecular formula is C44H61N7O9S2. The summed E-state index contributed by atoms with van der Waals surface area (Å²) in [5.41, 5.74) is 0.311. The van der Waals surface area contributed by atoms with Gasteiger partial charge < -0.3 is 19.7 Å². The molecule has 3 aliphatic rings. The van der Waals surface area contributed by atoms with Gasteiger partial charge >= 0.3 is 16.3 Å². The first-order valence-electron chi connectivity index (χ1n) is 21.5. The highest BCUT2D eigenvalue weighted by Crippen LogP contribution is 2.57. The molecule has 3 aromatic rings. The second-order valence-electron chi connectivity index (χ2n) is 18.5. The van der Waals surface area contributed by atoms with Gasteiger partial charge in [0.05, 0.1) is 35.6 Å². The molecule has 2 aromatic heterocycles. The third kappa shape index (κ3) is 10.6. The maximum absolute atomic E-state index is 14.7. The number of carbonyl (C=O) groups excluding carboxylic acids is 5. The Bertz CT molecular complexity index is 2330. The molecule has 2 N–H and O–H groups in total. The van der Waals surface area contributed by atoms with E-state index < -0.39 is 63.1 Å². The van der Waals surface area contributed by atoms with Gasteiger partial charge in [0.15, 0.2) is 11.6 Å². The molecule has 338 valence electrons. The van der Waals surface area contributed by atoms with Crippen LogP contribution in [0.25, 0.3) is 11.0 Å². The highest BCUT2D eigenvalue weighted by Gasteiger charge is 2.61. The standard InChI is InChI=1S/C44H61N7O9S2/c1-26(2)32-25-61-37(45-32)21-35(52)30-17-15-19-33-38(30)47-41(51(33)27(3)4)59-29-20-34-36(53)23-44(40(55)48-62(57,58)49(8)9)22-28(44)16-13-11-10-12-14-18-31(39(54)50(34)24-29)46-42(56)60-43(5,6)7/h13,15-17,19,25-29,31,34H,10-12,14,18,20-24H2,1-9H3,(H,46,56)(H,48,55)/b16-13-/t28-,29+,31-,34-,44+/m0/s1. The average Bonchev–Trinajstić information content (AvgIpc) is 3.50. The van der Waals surface area contributed by atoms with Crippen molar-refractivity contribution >= 4 is 62.1 Å². The Hall–Kier alpha value is -4.68. The van der Waals surface area contributed by atoms with Gasteiger partial charge in [-0.3, -0.25) is 23.7 Å². The van der Waals surface area contributed by atoms with E-state index in [1.165, 1.54) is 30.3 Å². The number of thiazole rings is 1. The lowest BCUT2D eigenvalue weighted by molar-refractivity contribution is -0.140. The van der Waals surface area contributed by atoms with E-state index in [2.05, 4.69) is 28.9 Å². The molecule has 0 unspecified atom stereocenters. The van der Waals surface area contributed by atoms with Crippen LogP contribution in [0, 0.1) is 11.3 Å². The molecule has 1 saturated heterocycles. The Morgan fingerprint density at radius 3 is 2.47 bits per heavy atom. The van der Waals surface area contributed by atoms with Crippen LogP contribution < -0.4 is 14.8 Å². The number of rotatable bonds is 11. The van der Waals surface area contributed by atoms with Crippen molar-refractivity contribution in [3.8, 4) is 6.01 Å². The fraction of sp³-hybridized carbons (Fsp3) is 0.614. The summed E-state index contributed by atoms with van der Waals surface area (Å²) in [6, 6.07) is 3.34. The van der Waals surface area contributed by atoms with Crippen LogP contribution in [0.4, 0.5) is 4.79 Å². The number of amides is 3. The van der Waals surface area contributed by atoms with E-state index in [0.717, 1.165) is 22.8 Å². The number of nitrogens with zero attached hydrogens (tertiary/aromatic N) is 5. The SMILES string of the molecule is CC(C)c1csc(CC(=O)c2cccc3c2nc(O[C@@H]2C[C@H]4C(=O)C[C@]5(C(=O)NS(=O)(=O)N(C)C)C[C@@H]5/C=C\CCCCC[C@H](NC(=O)OC(C)(C)C)C(=O)N4C2)n3C(C)C)n1. The highest BCUT2D eigenvalue weighted by atomic mass is 32.2. The van der Waals surface area contributed by atoms with Gasteiger partial charge in [-0.2, -0.15) is 17.7 Å². The minimum absolute atomic E-state index is 0.0350. The predicted octanol–water partition coefficient (Wildman–Crippen LogP) is 6.27. The van der Waals surface area contributed by atoms with Crippen molar-refractivity contribution in [3.63, 3.8) is 0 Å². The van der Waals surface area contributed by atoms with Gasteiger partial charge in [0.25, 0.3) is 6.01 Å². The Kier molecular flexibility index (Phi) is 14.0. The van der Waals surface area contributed by atoms with Crippen molar-refractivity contribution in [2.24, 2.45) is 11.3 Å². The quantitative estimate of drug-likeness (QED) is 0.162. The number of hydrogen-bond acceptors (Lipinski definition) is 12. The van der Waals surface area contributed by atoms with Crippen LogP contribution in [-0.2, 0) is 35.8 Å². The number of Topliss-reactive ketones (excluding diaryl/α,β-unsaturated/α-hetero) is 2. The number of nitrogens with one attached hydrogen (secondary N) is 2. The van der Waals surface area contributed by atoms with Gasteiger partial charge in [0.2, 0.25) is 11.8 Å². The average molecular weight is 896 g/mol. The molecule has 2 fully saturated rings. The van der Waals surface area contributed by atoms with Crippen LogP contribution in [0.1, 0.15) is 133 Å². The van der Waals surface area contributed by atoms with E-state index in [1.807, 2.05) is 42.0 Å². The summed E-state index contributed by atoms with van der Waals surface area (Å²) in [7, 11) is -1.55. The molecule has 16 nitrogen and oxygen atoms in total. The zero-order valence-corrected chi connectivity index (χ0v) is 38.9. The van der Waals surface area contributed by atoms with Gasteiger partial charge in [-0.1, -0.05) is 44.9 Å². The monoisotopic (exact) mass is 895 g/mol. The molecule has 0 radical (unpaired) electrons. The summed E-state index contributed by atoms with van der Waals surface area (Å²) < 4.78 is 42.8. The fourth-order valence-corrected chi connectivity index (χ4v) is 9.79. The first-order chi connectivity index (χ1) is 29.1. The van der Waals surface area contributed by atoms with Crippen molar-refractivity contribution < 1.29 is 41.9 Å². The summed E-state index contributed by atoms with van der Waals surface area (Å²) in [5.74, 6) is -2.00. The number of hydrogen-bond donors (Lipinski definition) is 2. The van der Waals surface area contributed by atoms with Crippen molar-refractivity contribution in [1.29, 1.82) is 0 Å². The summed E-state index contributed by atoms with van der Waals surface area (Å²) >= 11 is 1.45. The fourth-order valence-electron chi connectivity index (χ4n) is 8.21. The topological polar surface area (TPSA) is 199 Å². The molecule has 6 rings (SSSR count). The molecule has 1 aliphatic carbocycles. The molecule has 4 heterocycles. The second-order valence-corrected chi connectivity index (χ2v) is 21.4. The molecule has 2 aliphatic heterocycles. The van der Waals surface area contributed by atoms with Crippen molar-refractivity contribution in [2.75, 3.05) is 20.6 Å². The first-order valence-corrected chi connectivity index (χ1v) is 23.8. The number of para-hydroxylation sites is 1. The molecule has 18 heteroatoms. The number of imidazole rings is 1. The zero-order valence-electron chi connectivity index (χ0n) is 37.2. The number of carbonyl (C=O) groups is 5. The molecule has 1 saturated carbocycles. The highest BCUT2D eigenvalue weighted by molar-refractivity contribution is 7.87. The third-order valence-corrected chi connectivity index (χ3v) is 13.9. The van der Waals surface area contributed by atoms with Gasteiger partial charge in [-0.25, -0.2) is 14.5 Å². The smallest absolute Gasteiger partial charge is 0.408 e. The Morgan fingerprint density at radius 1 is 1.06 bits per heavy atom. The van der Waals surface area contributed by atoms with Crippen molar-refractivity contribution in [1.82, 2.24) is 33.8 Å². The second kappa shape index (κ2) is 18.6. The molecule has 0 spiro atoms. The van der Waals surface area contributed by atoms with E-state index in [4.69, 9.17) is 14.5 Å². The Labute approximate surface area is 368 Å². The molecule has 0 bridgehead atoms. The van der Waals surface area contributed by atoms with Crippen LogP contribution in [0.15, 0.2) is 35.7 Å². The largest absolute Gasteiger partial charge is 0.459 e. The maximum atomic E-state index is 14.7. The molecule has 1 aromatic carbocycles. The van der Waals surface area contributed by atoms with E-state index in [9.17, 15) is 32.4 Å². The lowest BCUT2D eigenvalue weighted by Gasteiger charge is -2.30. The minimum Gasteiger partial charge on any atom is -0.459 e. The van der Waals surface area contributed by atoms with Crippen LogP contribution in [0.5, 0.6) is 6.01 Å². The van der Waals surface area contributed by atoms with Gasteiger partial charge in [-0.05, 0) is 84.3 Å². The first kappa shape index (κ1) is 46.8. The van der Waals surface area contributed by atoms with Gasteiger partial charge in [0.1, 0.15) is 28.3 Å². The number of alkyl carbamates (subject to hydrolysis) is 1. The van der Waals surface area contributed by atoms with E-state index >= 15 is 0 Å². The lowest BCUT2D eigenvalue weighted by Crippen LogP contribution is -2.53. The van der Waals surface area contributed by atoms with Crippen molar-refractivity contribution in [3.05, 3.63) is 52.0 Å². The molecule has 3 amide bonds. The number of benzene rings is 1. The Balaban J connectivity index is 1.34. The van der Waals surface area contributed by atoms with Crippen LogP contribution >= 0.6 is 11.3 Å². The number of allylic oxidation sites excluding steroid dienone is 2. The lowest BCUT2D eigenvalue weighted by atomic mass is 9.91. The summed E-state index contributed by atoms with van der Waals surface area (Å²) in [6.07, 6.45) is 5.50. The van der Waals surface area contributed by atoms with E-state index in [1.54, 1.807) is 32.9 Å². The van der Waals surface area contributed by atoms with Crippen molar-refractivity contribution in [2.45, 2.75) is 142 Å². The van der Waals surface area contributed by atoms with E-state index in [-0.39, 0.29) is 61.9 Å². The minimum atomic E-state index is -4.16. The zero-order chi connectivity index (χ0) is 45.3. The molecule has 5 atom stereocenters. The van der Waals surface area contributed by atoms with Crippen LogP contribution in [0.2, 0.25) is 0 Å². The maximum Gasteiger partial charge on any atom is 0.408 e. The molecular weight excluding hydrogens is 835 g/mol. The van der Waals surface area contributed by atoms with E-state index in [0.29, 0.717) is 40.9 Å².